The van der Waals surface area contributed by atoms with E-state index in [-0.39, 0.29) is 6.10 Å². The predicted molar refractivity (Wildman–Crippen MR) is 62.5 cm³/mol. The van der Waals surface area contributed by atoms with Gasteiger partial charge in [-0.2, -0.15) is 4.98 Å². The smallest absolute Gasteiger partial charge is 0.240 e. The van der Waals surface area contributed by atoms with Crippen molar-refractivity contribution in [3.8, 4) is 0 Å². The molecule has 0 saturated carbocycles. The molecule has 2 heterocycles. The van der Waals surface area contributed by atoms with Crippen molar-refractivity contribution in [2.45, 2.75) is 26.0 Å². The van der Waals surface area contributed by atoms with Crippen LogP contribution < -0.4 is 5.32 Å². The normalized spacial score (nSPS) is 20.1. The lowest BCUT2D eigenvalue weighted by atomic mass is 10.4. The molecule has 0 spiro atoms. The van der Waals surface area contributed by atoms with Crippen molar-refractivity contribution in [2.24, 2.45) is 0 Å². The van der Waals surface area contributed by atoms with E-state index in [9.17, 15) is 0 Å². The molecule has 0 aliphatic carbocycles. The zero-order valence-corrected chi connectivity index (χ0v) is 10.5. The van der Waals surface area contributed by atoms with Crippen molar-refractivity contribution < 1.29 is 9.26 Å². The lowest BCUT2D eigenvalue weighted by Gasteiger charge is -2.16. The highest BCUT2D eigenvalue weighted by molar-refractivity contribution is 4.90. The molecule has 0 bridgehead atoms. The Kier molecular flexibility index (Phi) is 4.47. The van der Waals surface area contributed by atoms with E-state index >= 15 is 0 Å². The average Bonchev–Trinajstić information content (AvgIpc) is 2.65. The SMILES string of the molecule is CO[C@@H](C)c1noc(CN2CCCNCC2)n1. The number of ether oxygens (including phenoxy) is 1. The number of aromatic nitrogens is 2. The van der Waals surface area contributed by atoms with Gasteiger partial charge in [0.05, 0.1) is 6.54 Å². The molecule has 6 nitrogen and oxygen atoms in total. The van der Waals surface area contributed by atoms with Gasteiger partial charge in [0.2, 0.25) is 5.89 Å². The first-order valence-corrected chi connectivity index (χ1v) is 6.08. The van der Waals surface area contributed by atoms with Gasteiger partial charge >= 0.3 is 0 Å². The van der Waals surface area contributed by atoms with Crippen LogP contribution in [0.4, 0.5) is 0 Å². The Morgan fingerprint density at radius 3 is 3.18 bits per heavy atom. The standard InChI is InChI=1S/C11H20N4O2/c1-9(16-2)11-13-10(17-14-11)8-15-6-3-4-12-5-7-15/h9,12H,3-8H2,1-2H3/t9-/m0/s1. The third kappa shape index (κ3) is 3.49. The summed E-state index contributed by atoms with van der Waals surface area (Å²) in [7, 11) is 1.64. The molecule has 1 saturated heterocycles. The van der Waals surface area contributed by atoms with Crippen LogP contribution in [0.1, 0.15) is 31.2 Å². The van der Waals surface area contributed by atoms with E-state index in [4.69, 9.17) is 9.26 Å². The lowest BCUT2D eigenvalue weighted by molar-refractivity contribution is 0.109. The molecule has 1 atom stereocenters. The first-order chi connectivity index (χ1) is 8.29. The summed E-state index contributed by atoms with van der Waals surface area (Å²) in [5.41, 5.74) is 0. The average molecular weight is 240 g/mol. The molecule has 0 aromatic carbocycles. The Morgan fingerprint density at radius 2 is 2.35 bits per heavy atom. The molecule has 0 unspecified atom stereocenters. The molecule has 1 aliphatic rings. The molecule has 1 fully saturated rings. The summed E-state index contributed by atoms with van der Waals surface area (Å²) < 4.78 is 10.4. The van der Waals surface area contributed by atoms with E-state index in [1.54, 1.807) is 7.11 Å². The van der Waals surface area contributed by atoms with Crippen LogP contribution in [0.5, 0.6) is 0 Å². The molecule has 1 aromatic heterocycles. The molecule has 1 aliphatic heterocycles. The third-order valence-electron chi connectivity index (χ3n) is 2.99. The van der Waals surface area contributed by atoms with Crippen molar-refractivity contribution in [3.63, 3.8) is 0 Å². The van der Waals surface area contributed by atoms with E-state index in [1.165, 1.54) is 0 Å². The minimum absolute atomic E-state index is 0.113. The van der Waals surface area contributed by atoms with E-state index in [0.717, 1.165) is 39.1 Å². The second-order valence-electron chi connectivity index (χ2n) is 4.30. The summed E-state index contributed by atoms with van der Waals surface area (Å²) >= 11 is 0. The fourth-order valence-electron chi connectivity index (χ4n) is 1.85. The van der Waals surface area contributed by atoms with Gasteiger partial charge in [-0.15, -0.1) is 0 Å². The van der Waals surface area contributed by atoms with Crippen LogP contribution in [-0.2, 0) is 11.3 Å². The molecule has 1 aromatic rings. The number of rotatable bonds is 4. The highest BCUT2D eigenvalue weighted by atomic mass is 16.5. The number of nitrogens with zero attached hydrogens (tertiary/aromatic N) is 3. The molecule has 0 radical (unpaired) electrons. The molecule has 96 valence electrons. The summed E-state index contributed by atoms with van der Waals surface area (Å²) in [5.74, 6) is 1.29. The zero-order chi connectivity index (χ0) is 12.1. The Balaban J connectivity index is 1.91. The summed E-state index contributed by atoms with van der Waals surface area (Å²) in [6.45, 7) is 6.85. The van der Waals surface area contributed by atoms with Gasteiger partial charge in [-0.1, -0.05) is 5.16 Å². The first kappa shape index (κ1) is 12.5. The summed E-state index contributed by atoms with van der Waals surface area (Å²) in [6.07, 6.45) is 1.05. The molecule has 2 rings (SSSR count). The maximum Gasteiger partial charge on any atom is 0.240 e. The molecule has 1 N–H and O–H groups in total. The van der Waals surface area contributed by atoms with Crippen molar-refractivity contribution >= 4 is 0 Å². The van der Waals surface area contributed by atoms with Crippen LogP contribution in [0.3, 0.4) is 0 Å². The van der Waals surface area contributed by atoms with E-state index < -0.39 is 0 Å². The van der Waals surface area contributed by atoms with Crippen LogP contribution in [0, 0.1) is 0 Å². The predicted octanol–water partition coefficient (Wildman–Crippen LogP) is 0.572. The quantitative estimate of drug-likeness (QED) is 0.830. The van der Waals surface area contributed by atoms with Crippen LogP contribution in [0.15, 0.2) is 4.52 Å². The van der Waals surface area contributed by atoms with Crippen LogP contribution in [0.25, 0.3) is 0 Å². The second kappa shape index (κ2) is 6.09. The largest absolute Gasteiger partial charge is 0.374 e. The van der Waals surface area contributed by atoms with Gasteiger partial charge < -0.3 is 14.6 Å². The number of nitrogens with one attached hydrogen (secondary N) is 1. The minimum atomic E-state index is -0.113. The van der Waals surface area contributed by atoms with Gasteiger partial charge in [0.15, 0.2) is 5.82 Å². The summed E-state index contributed by atoms with van der Waals surface area (Å²) in [5, 5.41) is 7.29. The fourth-order valence-corrected chi connectivity index (χ4v) is 1.85. The van der Waals surface area contributed by atoms with Gasteiger partial charge in [-0.25, -0.2) is 0 Å². The van der Waals surface area contributed by atoms with Crippen LogP contribution in [-0.4, -0.2) is 48.3 Å². The second-order valence-corrected chi connectivity index (χ2v) is 4.30. The van der Waals surface area contributed by atoms with Crippen molar-refractivity contribution in [2.75, 3.05) is 33.3 Å². The minimum Gasteiger partial charge on any atom is -0.374 e. The summed E-state index contributed by atoms with van der Waals surface area (Å²) in [4.78, 5) is 6.67. The van der Waals surface area contributed by atoms with Gasteiger partial charge in [-0.3, -0.25) is 4.90 Å². The Morgan fingerprint density at radius 1 is 1.47 bits per heavy atom. The molecule has 0 amide bonds. The molecular formula is C11H20N4O2. The van der Waals surface area contributed by atoms with E-state index in [2.05, 4.69) is 20.4 Å². The Labute approximate surface area is 101 Å². The Bertz CT molecular complexity index is 334. The Hall–Kier alpha value is -0.980. The van der Waals surface area contributed by atoms with Crippen molar-refractivity contribution in [1.29, 1.82) is 0 Å². The van der Waals surface area contributed by atoms with Crippen molar-refractivity contribution in [1.82, 2.24) is 20.4 Å². The maximum atomic E-state index is 5.23. The van der Waals surface area contributed by atoms with Gasteiger partial charge in [-0.05, 0) is 26.4 Å². The van der Waals surface area contributed by atoms with Gasteiger partial charge in [0.25, 0.3) is 0 Å². The number of hydrogen-bond donors (Lipinski definition) is 1. The van der Waals surface area contributed by atoms with Crippen LogP contribution in [0.2, 0.25) is 0 Å². The third-order valence-corrected chi connectivity index (χ3v) is 2.99. The molecular weight excluding hydrogens is 220 g/mol. The fraction of sp³-hybridized carbons (Fsp3) is 0.818. The zero-order valence-electron chi connectivity index (χ0n) is 10.5. The topological polar surface area (TPSA) is 63.4 Å². The van der Waals surface area contributed by atoms with Gasteiger partial charge in [0, 0.05) is 20.2 Å². The number of hydrogen-bond acceptors (Lipinski definition) is 6. The highest BCUT2D eigenvalue weighted by Gasteiger charge is 2.16. The first-order valence-electron chi connectivity index (χ1n) is 6.08. The summed E-state index contributed by atoms with van der Waals surface area (Å²) in [6, 6.07) is 0. The molecule has 17 heavy (non-hydrogen) atoms. The maximum absolute atomic E-state index is 5.23. The van der Waals surface area contributed by atoms with E-state index in [0.29, 0.717) is 11.7 Å². The number of methoxy groups -OCH3 is 1. The van der Waals surface area contributed by atoms with Crippen LogP contribution >= 0.6 is 0 Å². The van der Waals surface area contributed by atoms with Crippen molar-refractivity contribution in [3.05, 3.63) is 11.7 Å². The van der Waals surface area contributed by atoms with Gasteiger partial charge in [0.1, 0.15) is 6.10 Å². The van der Waals surface area contributed by atoms with E-state index in [1.807, 2.05) is 6.92 Å². The molecule has 6 heteroatoms. The highest BCUT2D eigenvalue weighted by Crippen LogP contribution is 2.12. The monoisotopic (exact) mass is 240 g/mol. The lowest BCUT2D eigenvalue weighted by Crippen LogP contribution is -2.27.